The molecule has 0 unspecified atom stereocenters. The van der Waals surface area contributed by atoms with Crippen LogP contribution in [-0.4, -0.2) is 37.6 Å². The average molecular weight is 437 g/mol. The first-order valence-electron chi connectivity index (χ1n) is 10.2. The summed E-state index contributed by atoms with van der Waals surface area (Å²) in [6, 6.07) is 8.53. The quantitative estimate of drug-likeness (QED) is 0.464. The Hall–Kier alpha value is -3.03. The standard InChI is InChI=1S/C23H26F3NO4/c1-2-3-4-11-20(21(28)15-31-22-18(25)9-6-10-19(22)26)27-23(29)16-7-5-8-17(14-16)30-13-12-24/h5-10,14,20H,2-4,11-13,15H2,1H3,(H,27,29)/t20-/m0/s1. The van der Waals surface area contributed by atoms with Gasteiger partial charge in [0, 0.05) is 5.56 Å². The molecule has 0 radical (unpaired) electrons. The third-order valence-electron chi connectivity index (χ3n) is 4.51. The highest BCUT2D eigenvalue weighted by Crippen LogP contribution is 2.21. The van der Waals surface area contributed by atoms with Crippen molar-refractivity contribution in [3.63, 3.8) is 0 Å². The maximum absolute atomic E-state index is 13.7. The van der Waals surface area contributed by atoms with Crippen molar-refractivity contribution in [2.75, 3.05) is 19.9 Å². The first-order chi connectivity index (χ1) is 15.0. The Bertz CT molecular complexity index is 855. The van der Waals surface area contributed by atoms with Crippen LogP contribution in [0.25, 0.3) is 0 Å². The van der Waals surface area contributed by atoms with Gasteiger partial charge in [-0.15, -0.1) is 0 Å². The predicted octanol–water partition coefficient (Wildman–Crippen LogP) is 4.64. The third kappa shape index (κ3) is 7.62. The van der Waals surface area contributed by atoms with Crippen molar-refractivity contribution in [1.29, 1.82) is 0 Å². The number of ketones is 1. The van der Waals surface area contributed by atoms with Gasteiger partial charge in [-0.25, -0.2) is 13.2 Å². The van der Waals surface area contributed by atoms with Crippen LogP contribution in [0.1, 0.15) is 43.0 Å². The molecule has 0 heterocycles. The minimum absolute atomic E-state index is 0.132. The number of carbonyl (C=O) groups is 2. The lowest BCUT2D eigenvalue weighted by Gasteiger charge is -2.18. The summed E-state index contributed by atoms with van der Waals surface area (Å²) >= 11 is 0. The zero-order chi connectivity index (χ0) is 22.6. The lowest BCUT2D eigenvalue weighted by atomic mass is 10.0. The van der Waals surface area contributed by atoms with Gasteiger partial charge in [-0.2, -0.15) is 0 Å². The second kappa shape index (κ2) is 12.6. The van der Waals surface area contributed by atoms with Crippen LogP contribution in [0.2, 0.25) is 0 Å². The monoisotopic (exact) mass is 437 g/mol. The highest BCUT2D eigenvalue weighted by atomic mass is 19.1. The fourth-order valence-electron chi connectivity index (χ4n) is 2.90. The number of unbranched alkanes of at least 4 members (excludes halogenated alkanes) is 2. The molecule has 0 bridgehead atoms. The molecular formula is C23H26F3NO4. The first kappa shape index (κ1) is 24.2. The van der Waals surface area contributed by atoms with Crippen LogP contribution in [0.5, 0.6) is 11.5 Å². The molecule has 0 saturated carbocycles. The average Bonchev–Trinajstić information content (AvgIpc) is 2.76. The summed E-state index contributed by atoms with van der Waals surface area (Å²) in [6.07, 6.45) is 2.81. The molecule has 0 saturated heterocycles. The molecule has 2 aromatic rings. The van der Waals surface area contributed by atoms with E-state index in [1.54, 1.807) is 12.1 Å². The lowest BCUT2D eigenvalue weighted by Crippen LogP contribution is -2.43. The van der Waals surface area contributed by atoms with Crippen LogP contribution < -0.4 is 14.8 Å². The molecular weight excluding hydrogens is 411 g/mol. The highest BCUT2D eigenvalue weighted by Gasteiger charge is 2.23. The van der Waals surface area contributed by atoms with Crippen molar-refractivity contribution in [2.45, 2.75) is 38.6 Å². The summed E-state index contributed by atoms with van der Waals surface area (Å²) in [5, 5.41) is 2.66. The molecule has 168 valence electrons. The maximum Gasteiger partial charge on any atom is 0.251 e. The Morgan fingerprint density at radius 2 is 1.74 bits per heavy atom. The number of hydrogen-bond donors (Lipinski definition) is 1. The largest absolute Gasteiger partial charge is 0.491 e. The van der Waals surface area contributed by atoms with Crippen molar-refractivity contribution < 1.29 is 32.2 Å². The molecule has 1 N–H and O–H groups in total. The number of rotatable bonds is 13. The molecule has 2 aromatic carbocycles. The molecule has 5 nitrogen and oxygen atoms in total. The van der Waals surface area contributed by atoms with E-state index in [1.807, 2.05) is 6.92 Å². The van der Waals surface area contributed by atoms with Gasteiger partial charge in [0.1, 0.15) is 25.6 Å². The van der Waals surface area contributed by atoms with Gasteiger partial charge in [-0.05, 0) is 36.8 Å². The SMILES string of the molecule is CCCCC[C@H](NC(=O)c1cccc(OCCF)c1)C(=O)COc1c(F)cccc1F. The van der Waals surface area contributed by atoms with Crippen LogP contribution in [0.4, 0.5) is 13.2 Å². The van der Waals surface area contributed by atoms with Crippen LogP contribution >= 0.6 is 0 Å². The number of nitrogens with one attached hydrogen (secondary N) is 1. The Kier molecular flexibility index (Phi) is 9.87. The number of ether oxygens (including phenoxy) is 2. The normalized spacial score (nSPS) is 11.6. The first-order valence-corrected chi connectivity index (χ1v) is 10.2. The van der Waals surface area contributed by atoms with Gasteiger partial charge in [0.2, 0.25) is 0 Å². The van der Waals surface area contributed by atoms with E-state index in [0.29, 0.717) is 18.6 Å². The molecule has 0 spiro atoms. The summed E-state index contributed by atoms with van der Waals surface area (Å²) in [7, 11) is 0. The van der Waals surface area contributed by atoms with Crippen LogP contribution in [0.15, 0.2) is 42.5 Å². The Balaban J connectivity index is 2.06. The Morgan fingerprint density at radius 3 is 2.42 bits per heavy atom. The van der Waals surface area contributed by atoms with Crippen molar-refractivity contribution in [3.8, 4) is 11.5 Å². The van der Waals surface area contributed by atoms with E-state index >= 15 is 0 Å². The fourth-order valence-corrected chi connectivity index (χ4v) is 2.90. The molecule has 1 amide bonds. The van der Waals surface area contributed by atoms with Gasteiger partial charge in [0.05, 0.1) is 6.04 Å². The number of hydrogen-bond acceptors (Lipinski definition) is 4. The summed E-state index contributed by atoms with van der Waals surface area (Å²) in [5.41, 5.74) is 0.241. The van der Waals surface area contributed by atoms with E-state index in [1.165, 1.54) is 18.2 Å². The molecule has 1 atom stereocenters. The number of amides is 1. The predicted molar refractivity (Wildman–Crippen MR) is 110 cm³/mol. The molecule has 8 heteroatoms. The number of alkyl halides is 1. The van der Waals surface area contributed by atoms with Gasteiger partial charge < -0.3 is 14.8 Å². The second-order valence-electron chi connectivity index (χ2n) is 6.89. The third-order valence-corrected chi connectivity index (χ3v) is 4.51. The van der Waals surface area contributed by atoms with Crippen molar-refractivity contribution in [3.05, 3.63) is 59.7 Å². The van der Waals surface area contributed by atoms with Gasteiger partial charge >= 0.3 is 0 Å². The Morgan fingerprint density at radius 1 is 1.03 bits per heavy atom. The minimum Gasteiger partial charge on any atom is -0.491 e. The summed E-state index contributed by atoms with van der Waals surface area (Å²) in [6.45, 7) is 0.622. The van der Waals surface area contributed by atoms with Gasteiger partial charge in [0.25, 0.3) is 5.91 Å². The fraction of sp³-hybridized carbons (Fsp3) is 0.391. The topological polar surface area (TPSA) is 64.6 Å². The maximum atomic E-state index is 13.7. The zero-order valence-corrected chi connectivity index (χ0v) is 17.3. The van der Waals surface area contributed by atoms with Crippen molar-refractivity contribution in [2.24, 2.45) is 0 Å². The van der Waals surface area contributed by atoms with Crippen LogP contribution in [0, 0.1) is 11.6 Å². The minimum atomic E-state index is -0.913. The van der Waals surface area contributed by atoms with Crippen molar-refractivity contribution >= 4 is 11.7 Å². The molecule has 31 heavy (non-hydrogen) atoms. The molecule has 0 fully saturated rings. The second-order valence-corrected chi connectivity index (χ2v) is 6.89. The van der Waals surface area contributed by atoms with E-state index in [0.717, 1.165) is 25.0 Å². The molecule has 2 rings (SSSR count). The van der Waals surface area contributed by atoms with Gasteiger partial charge in [0.15, 0.2) is 23.2 Å². The molecule has 0 aromatic heterocycles. The van der Waals surface area contributed by atoms with Crippen LogP contribution in [0.3, 0.4) is 0 Å². The summed E-state index contributed by atoms with van der Waals surface area (Å²) < 4.78 is 50.0. The van der Waals surface area contributed by atoms with Crippen LogP contribution in [-0.2, 0) is 4.79 Å². The molecule has 0 aliphatic rings. The van der Waals surface area contributed by atoms with E-state index in [-0.39, 0.29) is 12.2 Å². The highest BCUT2D eigenvalue weighted by molar-refractivity contribution is 5.98. The van der Waals surface area contributed by atoms with Gasteiger partial charge in [-0.1, -0.05) is 38.3 Å². The number of benzene rings is 2. The molecule has 0 aliphatic heterocycles. The molecule has 0 aliphatic carbocycles. The smallest absolute Gasteiger partial charge is 0.251 e. The number of halogens is 3. The number of carbonyl (C=O) groups excluding carboxylic acids is 2. The lowest BCUT2D eigenvalue weighted by molar-refractivity contribution is -0.123. The van der Waals surface area contributed by atoms with Gasteiger partial charge in [-0.3, -0.25) is 9.59 Å². The number of Topliss-reactive ketones (excluding diaryl/α,β-unsaturated/α-hetero) is 1. The van der Waals surface area contributed by atoms with E-state index in [9.17, 15) is 22.8 Å². The number of para-hydroxylation sites is 1. The zero-order valence-electron chi connectivity index (χ0n) is 17.3. The Labute approximate surface area is 179 Å². The summed E-state index contributed by atoms with van der Waals surface area (Å²) in [5.74, 6) is -3.15. The van der Waals surface area contributed by atoms with E-state index < -0.39 is 48.4 Å². The van der Waals surface area contributed by atoms with E-state index in [2.05, 4.69) is 5.32 Å². The van der Waals surface area contributed by atoms with E-state index in [4.69, 9.17) is 9.47 Å². The van der Waals surface area contributed by atoms with Crippen molar-refractivity contribution in [1.82, 2.24) is 5.32 Å². The summed E-state index contributed by atoms with van der Waals surface area (Å²) in [4.78, 5) is 25.3.